The van der Waals surface area contributed by atoms with Crippen molar-refractivity contribution in [2.24, 2.45) is 23.7 Å². The van der Waals surface area contributed by atoms with Crippen LogP contribution in [0, 0.1) is 30.6 Å². The molecule has 1 aromatic rings. The molecule has 3 aliphatic rings. The van der Waals surface area contributed by atoms with Gasteiger partial charge in [-0.3, -0.25) is 24.1 Å². The average molecular weight is 359 g/mol. The minimum atomic E-state index is -0.807. The SMILES string of the molecule is Cc1cc(NC(=O)COC(=O)CN2C(=O)[C@@H]3[C@H](C2=O)[C@H]2C=C[C@H]3C2)no1. The number of hydrogen-bond donors (Lipinski definition) is 1. The van der Waals surface area contributed by atoms with Gasteiger partial charge in [-0.15, -0.1) is 0 Å². The number of carbonyl (C=O) groups is 4. The van der Waals surface area contributed by atoms with Crippen LogP contribution in [-0.4, -0.2) is 46.9 Å². The monoisotopic (exact) mass is 359 g/mol. The van der Waals surface area contributed by atoms with Crippen molar-refractivity contribution >= 4 is 29.5 Å². The average Bonchev–Trinajstić information content (AvgIpc) is 3.35. The molecule has 3 amide bonds. The summed E-state index contributed by atoms with van der Waals surface area (Å²) in [5, 5.41) is 5.99. The molecule has 4 atom stereocenters. The summed E-state index contributed by atoms with van der Waals surface area (Å²) in [6, 6.07) is 1.52. The molecule has 2 aliphatic carbocycles. The van der Waals surface area contributed by atoms with Crippen molar-refractivity contribution in [3.8, 4) is 0 Å². The second kappa shape index (κ2) is 6.08. The molecular weight excluding hydrogens is 342 g/mol. The molecule has 1 saturated carbocycles. The van der Waals surface area contributed by atoms with Crippen LogP contribution < -0.4 is 5.32 Å². The fourth-order valence-electron chi connectivity index (χ4n) is 4.04. The summed E-state index contributed by atoms with van der Waals surface area (Å²) >= 11 is 0. The van der Waals surface area contributed by atoms with Crippen LogP contribution in [-0.2, 0) is 23.9 Å². The van der Waals surface area contributed by atoms with Crippen molar-refractivity contribution < 1.29 is 28.4 Å². The molecule has 1 saturated heterocycles. The number of allylic oxidation sites excluding steroid dienone is 2. The molecular formula is C17H17N3O6. The number of ether oxygens (including phenoxy) is 1. The Morgan fingerprint density at radius 1 is 1.27 bits per heavy atom. The Bertz CT molecular complexity index is 798. The van der Waals surface area contributed by atoms with E-state index in [1.54, 1.807) is 6.92 Å². The minimum Gasteiger partial charge on any atom is -0.454 e. The van der Waals surface area contributed by atoms with Gasteiger partial charge in [0.15, 0.2) is 12.4 Å². The van der Waals surface area contributed by atoms with Gasteiger partial charge in [-0.2, -0.15) is 0 Å². The molecule has 1 aromatic heterocycles. The fourth-order valence-corrected chi connectivity index (χ4v) is 4.04. The van der Waals surface area contributed by atoms with Crippen LogP contribution in [0.3, 0.4) is 0 Å². The number of likely N-dealkylation sites (tertiary alicyclic amines) is 1. The highest BCUT2D eigenvalue weighted by atomic mass is 16.5. The Morgan fingerprint density at radius 2 is 1.92 bits per heavy atom. The van der Waals surface area contributed by atoms with Gasteiger partial charge in [0.1, 0.15) is 12.3 Å². The smallest absolute Gasteiger partial charge is 0.326 e. The number of anilines is 1. The van der Waals surface area contributed by atoms with Crippen LogP contribution in [0.1, 0.15) is 12.2 Å². The van der Waals surface area contributed by atoms with E-state index < -0.39 is 25.0 Å². The van der Waals surface area contributed by atoms with Crippen LogP contribution in [0.5, 0.6) is 0 Å². The first-order valence-electron chi connectivity index (χ1n) is 8.36. The summed E-state index contributed by atoms with van der Waals surface area (Å²) < 4.78 is 9.66. The standard InChI is InChI=1S/C17H17N3O6/c1-8-4-11(19-26-8)18-12(21)7-25-13(22)6-20-16(23)14-9-2-3-10(5-9)15(14)17(20)24/h2-4,9-10,14-15H,5-7H2,1H3,(H,18,19,21)/t9-,10-,14-,15+/m0/s1. The molecule has 26 heavy (non-hydrogen) atoms. The first kappa shape index (κ1) is 16.5. The Balaban J connectivity index is 1.29. The Hall–Kier alpha value is -2.97. The topological polar surface area (TPSA) is 119 Å². The van der Waals surface area contributed by atoms with Crippen molar-refractivity contribution in [2.75, 3.05) is 18.5 Å². The van der Waals surface area contributed by atoms with E-state index in [2.05, 4.69) is 10.5 Å². The molecule has 4 rings (SSSR count). The quantitative estimate of drug-likeness (QED) is 0.455. The number of imide groups is 1. The highest BCUT2D eigenvalue weighted by Crippen LogP contribution is 2.52. The van der Waals surface area contributed by atoms with Crippen molar-refractivity contribution in [3.05, 3.63) is 24.0 Å². The van der Waals surface area contributed by atoms with Gasteiger partial charge in [0.25, 0.3) is 5.91 Å². The minimum absolute atomic E-state index is 0.0826. The maximum atomic E-state index is 12.5. The van der Waals surface area contributed by atoms with Crippen LogP contribution in [0.25, 0.3) is 0 Å². The predicted octanol–water partition coefficient (Wildman–Crippen LogP) is 0.272. The van der Waals surface area contributed by atoms with Gasteiger partial charge in [0.05, 0.1) is 11.8 Å². The molecule has 2 fully saturated rings. The second-order valence-electron chi connectivity index (χ2n) is 6.79. The third kappa shape index (κ3) is 2.69. The highest BCUT2D eigenvalue weighted by Gasteiger charge is 2.59. The van der Waals surface area contributed by atoms with Gasteiger partial charge >= 0.3 is 5.97 Å². The normalized spacial score (nSPS) is 28.6. The second-order valence-corrected chi connectivity index (χ2v) is 6.79. The number of rotatable bonds is 5. The third-order valence-electron chi connectivity index (χ3n) is 5.11. The number of fused-ring (bicyclic) bond motifs is 5. The summed E-state index contributed by atoms with van der Waals surface area (Å²) in [4.78, 5) is 49.6. The van der Waals surface area contributed by atoms with Gasteiger partial charge in [0, 0.05) is 6.07 Å². The number of nitrogens with zero attached hydrogens (tertiary/aromatic N) is 2. The van der Waals surface area contributed by atoms with Crippen molar-refractivity contribution in [1.82, 2.24) is 10.1 Å². The molecule has 0 radical (unpaired) electrons. The first-order valence-corrected chi connectivity index (χ1v) is 8.36. The summed E-state index contributed by atoms with van der Waals surface area (Å²) in [7, 11) is 0. The van der Waals surface area contributed by atoms with E-state index >= 15 is 0 Å². The molecule has 0 unspecified atom stereocenters. The Morgan fingerprint density at radius 3 is 2.50 bits per heavy atom. The van der Waals surface area contributed by atoms with Crippen LogP contribution in [0.2, 0.25) is 0 Å². The van der Waals surface area contributed by atoms with E-state index in [0.29, 0.717) is 5.76 Å². The zero-order chi connectivity index (χ0) is 18.4. The van der Waals surface area contributed by atoms with Gasteiger partial charge in [0.2, 0.25) is 11.8 Å². The highest BCUT2D eigenvalue weighted by molar-refractivity contribution is 6.08. The van der Waals surface area contributed by atoms with Crippen LogP contribution >= 0.6 is 0 Å². The van der Waals surface area contributed by atoms with E-state index in [4.69, 9.17) is 9.26 Å². The molecule has 2 heterocycles. The summed E-state index contributed by atoms with van der Waals surface area (Å²) in [5.41, 5.74) is 0. The lowest BCUT2D eigenvalue weighted by molar-refractivity contribution is -0.154. The Kier molecular flexibility index (Phi) is 3.86. The molecule has 136 valence electrons. The molecule has 9 heteroatoms. The van der Waals surface area contributed by atoms with Gasteiger partial charge in [-0.05, 0) is 25.2 Å². The third-order valence-corrected chi connectivity index (χ3v) is 5.11. The number of carbonyl (C=O) groups excluding carboxylic acids is 4. The summed E-state index contributed by atoms with van der Waals surface area (Å²) in [6.07, 6.45) is 4.79. The first-order chi connectivity index (χ1) is 12.4. The van der Waals surface area contributed by atoms with E-state index in [0.717, 1.165) is 11.3 Å². The lowest BCUT2D eigenvalue weighted by Gasteiger charge is -2.16. The van der Waals surface area contributed by atoms with Crippen molar-refractivity contribution in [2.45, 2.75) is 13.3 Å². The van der Waals surface area contributed by atoms with E-state index in [-0.39, 0.29) is 41.3 Å². The number of amides is 3. The number of esters is 1. The zero-order valence-corrected chi connectivity index (χ0v) is 14.0. The van der Waals surface area contributed by atoms with E-state index in [9.17, 15) is 19.2 Å². The number of aromatic nitrogens is 1. The zero-order valence-electron chi connectivity index (χ0n) is 14.0. The maximum absolute atomic E-state index is 12.5. The van der Waals surface area contributed by atoms with Crippen molar-refractivity contribution in [3.63, 3.8) is 0 Å². The molecule has 2 bridgehead atoms. The molecule has 9 nitrogen and oxygen atoms in total. The van der Waals surface area contributed by atoms with Crippen molar-refractivity contribution in [1.29, 1.82) is 0 Å². The van der Waals surface area contributed by atoms with Gasteiger partial charge in [-0.1, -0.05) is 17.3 Å². The molecule has 0 spiro atoms. The predicted molar refractivity (Wildman–Crippen MR) is 85.3 cm³/mol. The van der Waals surface area contributed by atoms with E-state index in [1.165, 1.54) is 6.07 Å². The van der Waals surface area contributed by atoms with Crippen LogP contribution in [0.4, 0.5) is 5.82 Å². The summed E-state index contributed by atoms with van der Waals surface area (Å²) in [5.74, 6) is -1.86. The van der Waals surface area contributed by atoms with Gasteiger partial charge < -0.3 is 14.6 Å². The largest absolute Gasteiger partial charge is 0.454 e. The molecule has 0 aromatic carbocycles. The number of aryl methyl sites for hydroxylation is 1. The lowest BCUT2D eigenvalue weighted by atomic mass is 9.85. The number of nitrogens with one attached hydrogen (secondary N) is 1. The molecule has 1 N–H and O–H groups in total. The maximum Gasteiger partial charge on any atom is 0.326 e. The lowest BCUT2D eigenvalue weighted by Crippen LogP contribution is -2.38. The van der Waals surface area contributed by atoms with Gasteiger partial charge in [-0.25, -0.2) is 0 Å². The number of hydrogen-bond acceptors (Lipinski definition) is 7. The Labute approximate surface area is 148 Å². The van der Waals surface area contributed by atoms with Crippen LogP contribution in [0.15, 0.2) is 22.7 Å². The fraction of sp³-hybridized carbons (Fsp3) is 0.471. The molecule has 1 aliphatic heterocycles. The summed E-state index contributed by atoms with van der Waals surface area (Å²) in [6.45, 7) is 0.658. The van der Waals surface area contributed by atoms with E-state index in [1.807, 2.05) is 12.2 Å².